The first-order chi connectivity index (χ1) is 3.11. The highest BCUT2D eigenvalue weighted by atomic mass is 19.1. The Morgan fingerprint density at radius 3 is 1.86 bits per heavy atom. The number of hydrogen-bond donors (Lipinski definition) is 0. The molecule has 1 aliphatic carbocycles. The molecule has 0 saturated heterocycles. The average Bonchev–Trinajstić information content (AvgIpc) is 1.99. The van der Waals surface area contributed by atoms with E-state index in [1.165, 1.54) is 0 Å². The van der Waals surface area contributed by atoms with E-state index in [9.17, 15) is 4.39 Å². The molecule has 0 aromatic carbocycles. The Bertz CT molecular complexity index is 66.7. The Kier molecular flexibility index (Phi) is 0.875. The molecule has 0 amide bonds. The van der Waals surface area contributed by atoms with Crippen molar-refractivity contribution < 1.29 is 4.39 Å². The average molecular weight is 101 g/mol. The molecule has 1 fully saturated rings. The first-order valence-corrected chi connectivity index (χ1v) is 2.65. The maximum atomic E-state index is 12.5. The Balaban J connectivity index is 2.36. The number of rotatable bonds is 1. The first-order valence-electron chi connectivity index (χ1n) is 2.65. The molecule has 0 unspecified atom stereocenters. The van der Waals surface area contributed by atoms with E-state index in [1.807, 2.05) is 0 Å². The van der Waals surface area contributed by atoms with Crippen molar-refractivity contribution in [1.29, 1.82) is 0 Å². The second kappa shape index (κ2) is 1.21. The zero-order valence-corrected chi connectivity index (χ0v) is 4.79. The van der Waals surface area contributed by atoms with Gasteiger partial charge in [-0.1, -0.05) is 0 Å². The zero-order chi connectivity index (χ0) is 5.49. The molecule has 0 aliphatic heterocycles. The van der Waals surface area contributed by atoms with Crippen molar-refractivity contribution >= 4 is 0 Å². The predicted molar refractivity (Wildman–Crippen MR) is 27.7 cm³/mol. The minimum atomic E-state index is -0.972. The summed E-state index contributed by atoms with van der Waals surface area (Å²) in [4.78, 5) is 0. The van der Waals surface area contributed by atoms with Crippen LogP contribution in [0, 0.1) is 5.92 Å². The summed E-state index contributed by atoms with van der Waals surface area (Å²) in [6.45, 7) is 3.24. The highest BCUT2D eigenvalue weighted by molar-refractivity contribution is 5.16. The Morgan fingerprint density at radius 1 is 1.43 bits per heavy atom. The maximum Gasteiger partial charge on any atom is 0.111 e. The van der Waals surface area contributed by atoms with Gasteiger partial charge in [0.25, 0.3) is 0 Å². The lowest BCUT2D eigenvalue weighted by atomic mass is 10.1. The van der Waals surface area contributed by atoms with Crippen LogP contribution in [0.4, 0.5) is 4.39 Å². The van der Waals surface area contributed by atoms with Crippen LogP contribution in [-0.4, -0.2) is 5.67 Å². The van der Waals surface area contributed by atoms with Crippen molar-refractivity contribution in [3.63, 3.8) is 0 Å². The fourth-order valence-corrected chi connectivity index (χ4v) is 0.657. The van der Waals surface area contributed by atoms with Gasteiger partial charge in [-0.25, -0.2) is 4.39 Å². The highest BCUT2D eigenvalue weighted by Crippen LogP contribution is 2.43. The standard InChI is InChI=1S/C6H10F/c1-6(2,7)5-3-4-5/h3-4H2,1-2H3. The predicted octanol–water partition coefficient (Wildman–Crippen LogP) is 2.10. The summed E-state index contributed by atoms with van der Waals surface area (Å²) < 4.78 is 12.5. The molecule has 0 atom stereocenters. The van der Waals surface area contributed by atoms with Gasteiger partial charge in [-0.3, -0.25) is 0 Å². The van der Waals surface area contributed by atoms with Crippen molar-refractivity contribution in [3.8, 4) is 0 Å². The fraction of sp³-hybridized carbons (Fsp3) is 0.833. The third-order valence-corrected chi connectivity index (χ3v) is 1.34. The van der Waals surface area contributed by atoms with E-state index >= 15 is 0 Å². The van der Waals surface area contributed by atoms with Crippen LogP contribution in [0.5, 0.6) is 0 Å². The first kappa shape index (κ1) is 5.07. The maximum absolute atomic E-state index is 12.5. The second-order valence-corrected chi connectivity index (χ2v) is 2.58. The molecular weight excluding hydrogens is 91.1 g/mol. The van der Waals surface area contributed by atoms with Crippen LogP contribution in [0.2, 0.25) is 0 Å². The number of hydrogen-bond acceptors (Lipinski definition) is 0. The molecule has 1 aliphatic rings. The molecule has 1 heteroatoms. The molecule has 1 radical (unpaired) electrons. The van der Waals surface area contributed by atoms with E-state index in [2.05, 4.69) is 0 Å². The molecule has 1 rings (SSSR count). The van der Waals surface area contributed by atoms with Gasteiger partial charge in [0.1, 0.15) is 5.67 Å². The molecule has 0 aromatic rings. The normalized spacial score (nSPS) is 22.7. The van der Waals surface area contributed by atoms with Crippen LogP contribution >= 0.6 is 0 Å². The largest absolute Gasteiger partial charge is 0.244 e. The molecular formula is C6H10F. The molecule has 1 saturated carbocycles. The molecule has 0 bridgehead atoms. The van der Waals surface area contributed by atoms with Crippen LogP contribution in [0.1, 0.15) is 26.7 Å². The van der Waals surface area contributed by atoms with Crippen LogP contribution in [-0.2, 0) is 0 Å². The van der Waals surface area contributed by atoms with Gasteiger partial charge in [-0.05, 0) is 26.7 Å². The number of alkyl halides is 1. The lowest BCUT2D eigenvalue weighted by Crippen LogP contribution is -2.11. The topological polar surface area (TPSA) is 0 Å². The molecule has 0 aromatic heterocycles. The minimum absolute atomic E-state index is 0.972. The van der Waals surface area contributed by atoms with Crippen LogP contribution in [0.3, 0.4) is 0 Å². The van der Waals surface area contributed by atoms with Crippen LogP contribution in [0.15, 0.2) is 0 Å². The van der Waals surface area contributed by atoms with Gasteiger partial charge in [-0.15, -0.1) is 0 Å². The van der Waals surface area contributed by atoms with Crippen molar-refractivity contribution in [1.82, 2.24) is 0 Å². The Hall–Kier alpha value is -0.0700. The summed E-state index contributed by atoms with van der Waals surface area (Å²) in [5, 5.41) is 0. The second-order valence-electron chi connectivity index (χ2n) is 2.58. The van der Waals surface area contributed by atoms with E-state index in [0.717, 1.165) is 18.8 Å². The molecule has 0 nitrogen and oxygen atoms in total. The summed E-state index contributed by atoms with van der Waals surface area (Å²) in [6, 6.07) is 0. The molecule has 7 heavy (non-hydrogen) atoms. The molecule has 41 valence electrons. The smallest absolute Gasteiger partial charge is 0.111 e. The Labute approximate surface area is 43.7 Å². The minimum Gasteiger partial charge on any atom is -0.244 e. The lowest BCUT2D eigenvalue weighted by Gasteiger charge is -2.09. The monoisotopic (exact) mass is 101 g/mol. The van der Waals surface area contributed by atoms with E-state index in [1.54, 1.807) is 13.8 Å². The van der Waals surface area contributed by atoms with E-state index < -0.39 is 5.67 Å². The van der Waals surface area contributed by atoms with Gasteiger partial charge in [0, 0.05) is 5.92 Å². The van der Waals surface area contributed by atoms with Gasteiger partial charge in [0.2, 0.25) is 0 Å². The van der Waals surface area contributed by atoms with Crippen LogP contribution in [0.25, 0.3) is 0 Å². The van der Waals surface area contributed by atoms with Crippen molar-refractivity contribution in [2.24, 2.45) is 0 Å². The molecule has 0 spiro atoms. The summed E-state index contributed by atoms with van der Waals surface area (Å²) >= 11 is 0. The summed E-state index contributed by atoms with van der Waals surface area (Å²) in [5.74, 6) is 1.08. The highest BCUT2D eigenvalue weighted by Gasteiger charge is 2.38. The van der Waals surface area contributed by atoms with Gasteiger partial charge in [0.15, 0.2) is 0 Å². The summed E-state index contributed by atoms with van der Waals surface area (Å²) in [7, 11) is 0. The van der Waals surface area contributed by atoms with E-state index in [-0.39, 0.29) is 0 Å². The van der Waals surface area contributed by atoms with Crippen LogP contribution < -0.4 is 0 Å². The third-order valence-electron chi connectivity index (χ3n) is 1.34. The molecule has 0 heterocycles. The van der Waals surface area contributed by atoms with Gasteiger partial charge in [-0.2, -0.15) is 0 Å². The third kappa shape index (κ3) is 1.15. The van der Waals surface area contributed by atoms with Gasteiger partial charge >= 0.3 is 0 Å². The van der Waals surface area contributed by atoms with Crippen molar-refractivity contribution in [3.05, 3.63) is 5.92 Å². The number of halogens is 1. The lowest BCUT2D eigenvalue weighted by molar-refractivity contribution is 0.254. The zero-order valence-electron chi connectivity index (χ0n) is 4.79. The van der Waals surface area contributed by atoms with Crippen molar-refractivity contribution in [2.45, 2.75) is 32.4 Å². The van der Waals surface area contributed by atoms with E-state index in [0.29, 0.717) is 0 Å². The van der Waals surface area contributed by atoms with Gasteiger partial charge < -0.3 is 0 Å². The van der Waals surface area contributed by atoms with E-state index in [4.69, 9.17) is 0 Å². The SMILES string of the molecule is CC(C)(F)[C]1CC1. The summed E-state index contributed by atoms with van der Waals surface area (Å²) in [6.07, 6.45) is 2.03. The summed E-state index contributed by atoms with van der Waals surface area (Å²) in [5.41, 5.74) is -0.972. The van der Waals surface area contributed by atoms with Crippen molar-refractivity contribution in [2.75, 3.05) is 0 Å². The Morgan fingerprint density at radius 2 is 1.86 bits per heavy atom. The van der Waals surface area contributed by atoms with Gasteiger partial charge in [0.05, 0.1) is 0 Å². The fourth-order valence-electron chi connectivity index (χ4n) is 0.657. The quantitative estimate of drug-likeness (QED) is 0.474. The molecule has 0 N–H and O–H groups in total.